The minimum atomic E-state index is -0.285. The van der Waals surface area contributed by atoms with Crippen molar-refractivity contribution in [3.05, 3.63) is 58.2 Å². The van der Waals surface area contributed by atoms with E-state index in [-0.39, 0.29) is 5.91 Å². The molecule has 0 atom stereocenters. The molecule has 24 heavy (non-hydrogen) atoms. The van der Waals surface area contributed by atoms with Crippen LogP contribution in [0.15, 0.2) is 36.7 Å². The number of carbonyl (C=O) groups excluding carboxylic acids is 1. The zero-order valence-corrected chi connectivity index (χ0v) is 14.6. The topological polar surface area (TPSA) is 79.8 Å². The van der Waals surface area contributed by atoms with Crippen LogP contribution in [0.25, 0.3) is 0 Å². The predicted octanol–water partition coefficient (Wildman–Crippen LogP) is 4.20. The summed E-state index contributed by atoms with van der Waals surface area (Å²) >= 11 is 7.29. The first kappa shape index (κ1) is 16.4. The van der Waals surface area contributed by atoms with Crippen molar-refractivity contribution in [2.24, 2.45) is 0 Å². The first-order valence-electron chi connectivity index (χ1n) is 7.11. The Labute approximate surface area is 148 Å². The number of anilines is 3. The molecule has 2 N–H and O–H groups in total. The van der Waals surface area contributed by atoms with E-state index in [9.17, 15) is 4.79 Å². The van der Waals surface area contributed by atoms with Crippen LogP contribution in [0.4, 0.5) is 16.4 Å². The summed E-state index contributed by atoms with van der Waals surface area (Å²) in [6.45, 7) is 3.71. The van der Waals surface area contributed by atoms with Gasteiger partial charge in [-0.3, -0.25) is 9.78 Å². The highest BCUT2D eigenvalue weighted by atomic mass is 35.5. The summed E-state index contributed by atoms with van der Waals surface area (Å²) in [6.07, 6.45) is 3.24. The zero-order chi connectivity index (χ0) is 17.1. The Morgan fingerprint density at radius 3 is 2.62 bits per heavy atom. The third-order valence-corrected chi connectivity index (χ3v) is 4.18. The van der Waals surface area contributed by atoms with Gasteiger partial charge in [0.25, 0.3) is 5.91 Å². The molecule has 0 aromatic carbocycles. The molecule has 0 radical (unpaired) electrons. The summed E-state index contributed by atoms with van der Waals surface area (Å²) in [6, 6.07) is 6.99. The highest BCUT2D eigenvalue weighted by Gasteiger charge is 2.17. The summed E-state index contributed by atoms with van der Waals surface area (Å²) in [5, 5.41) is 7.82. The monoisotopic (exact) mass is 359 g/mol. The van der Waals surface area contributed by atoms with Gasteiger partial charge in [-0.25, -0.2) is 9.97 Å². The number of halogens is 1. The molecule has 1 amide bonds. The van der Waals surface area contributed by atoms with Crippen molar-refractivity contribution in [3.8, 4) is 0 Å². The number of hydrogen-bond acceptors (Lipinski definition) is 6. The molecule has 0 saturated heterocycles. The van der Waals surface area contributed by atoms with Crippen LogP contribution in [-0.4, -0.2) is 20.9 Å². The van der Waals surface area contributed by atoms with Gasteiger partial charge in [0.05, 0.1) is 5.01 Å². The third kappa shape index (κ3) is 3.87. The highest BCUT2D eigenvalue weighted by molar-refractivity contribution is 7.16. The fourth-order valence-electron chi connectivity index (χ4n) is 2.09. The van der Waals surface area contributed by atoms with E-state index in [1.807, 2.05) is 13.8 Å². The number of nitrogens with one attached hydrogen (secondary N) is 2. The number of aromatic nitrogens is 3. The Morgan fingerprint density at radius 1 is 1.12 bits per heavy atom. The molecule has 6 nitrogen and oxygen atoms in total. The smallest absolute Gasteiger partial charge is 0.277 e. The summed E-state index contributed by atoms with van der Waals surface area (Å²) in [7, 11) is 0. The first-order chi connectivity index (χ1) is 11.5. The Hall–Kier alpha value is -2.51. The number of carbonyl (C=O) groups is 1. The maximum Gasteiger partial charge on any atom is 0.277 e. The van der Waals surface area contributed by atoms with Gasteiger partial charge in [0.1, 0.15) is 10.2 Å². The van der Waals surface area contributed by atoms with E-state index in [0.29, 0.717) is 21.5 Å². The second-order valence-corrected chi connectivity index (χ2v) is 6.63. The third-order valence-electron chi connectivity index (χ3n) is 3.09. The molecule has 3 rings (SSSR count). The van der Waals surface area contributed by atoms with E-state index in [1.165, 1.54) is 11.3 Å². The van der Waals surface area contributed by atoms with E-state index in [0.717, 1.165) is 16.4 Å². The van der Waals surface area contributed by atoms with E-state index >= 15 is 0 Å². The molecular weight excluding hydrogens is 346 g/mol. The second-order valence-electron chi connectivity index (χ2n) is 5.04. The van der Waals surface area contributed by atoms with Crippen LogP contribution in [0.3, 0.4) is 0 Å². The molecule has 0 fully saturated rings. The van der Waals surface area contributed by atoms with E-state index < -0.39 is 0 Å². The maximum absolute atomic E-state index is 12.6. The van der Waals surface area contributed by atoms with Crippen molar-refractivity contribution in [2.45, 2.75) is 13.8 Å². The Morgan fingerprint density at radius 2 is 1.88 bits per heavy atom. The van der Waals surface area contributed by atoms with Crippen LogP contribution >= 0.6 is 22.9 Å². The number of rotatable bonds is 4. The van der Waals surface area contributed by atoms with Crippen molar-refractivity contribution in [1.29, 1.82) is 0 Å². The normalized spacial score (nSPS) is 10.5. The quantitative estimate of drug-likeness (QED) is 0.682. The number of amides is 1. The molecule has 8 heteroatoms. The molecular formula is C16H14ClN5OS. The van der Waals surface area contributed by atoms with Crippen molar-refractivity contribution >= 4 is 45.2 Å². The summed E-state index contributed by atoms with van der Waals surface area (Å²) < 4.78 is 0. The van der Waals surface area contributed by atoms with Gasteiger partial charge in [-0.1, -0.05) is 11.6 Å². The van der Waals surface area contributed by atoms with Crippen LogP contribution in [-0.2, 0) is 0 Å². The van der Waals surface area contributed by atoms with Gasteiger partial charge in [-0.05, 0) is 38.1 Å². The fraction of sp³-hybridized carbons (Fsp3) is 0.125. The molecule has 0 aliphatic carbocycles. The van der Waals surface area contributed by atoms with Crippen LogP contribution in [0.5, 0.6) is 0 Å². The predicted molar refractivity (Wildman–Crippen MR) is 96.3 cm³/mol. The number of thiazole rings is 1. The van der Waals surface area contributed by atoms with Gasteiger partial charge < -0.3 is 10.6 Å². The lowest BCUT2D eigenvalue weighted by atomic mass is 10.3. The SMILES string of the molecule is Cc1cc(NC(=O)c2nc(C)sc2Nc2ccnc(Cl)c2)ccn1. The molecule has 0 spiro atoms. The minimum absolute atomic E-state index is 0.285. The Bertz CT molecular complexity index is 896. The number of aryl methyl sites for hydroxylation is 2. The van der Waals surface area contributed by atoms with Crippen molar-refractivity contribution in [2.75, 3.05) is 10.6 Å². The average molecular weight is 360 g/mol. The first-order valence-corrected chi connectivity index (χ1v) is 8.31. The zero-order valence-electron chi connectivity index (χ0n) is 13.0. The number of hydrogen-bond donors (Lipinski definition) is 2. The van der Waals surface area contributed by atoms with E-state index in [4.69, 9.17) is 11.6 Å². The van der Waals surface area contributed by atoms with E-state index in [2.05, 4.69) is 25.6 Å². The van der Waals surface area contributed by atoms with E-state index in [1.54, 1.807) is 36.7 Å². The lowest BCUT2D eigenvalue weighted by Crippen LogP contribution is -2.14. The molecule has 0 saturated carbocycles. The molecule has 3 aromatic heterocycles. The molecule has 3 aromatic rings. The van der Waals surface area contributed by atoms with Gasteiger partial charge in [0, 0.05) is 29.5 Å². The van der Waals surface area contributed by atoms with Gasteiger partial charge in [-0.15, -0.1) is 11.3 Å². The summed E-state index contributed by atoms with van der Waals surface area (Å²) in [5.41, 5.74) is 2.58. The lowest BCUT2D eigenvalue weighted by Gasteiger charge is -2.07. The molecule has 3 heterocycles. The highest BCUT2D eigenvalue weighted by Crippen LogP contribution is 2.29. The van der Waals surface area contributed by atoms with Crippen LogP contribution in [0.1, 0.15) is 21.2 Å². The fourth-order valence-corrected chi connectivity index (χ4v) is 3.10. The van der Waals surface area contributed by atoms with Gasteiger partial charge in [0.2, 0.25) is 0 Å². The Balaban J connectivity index is 1.84. The van der Waals surface area contributed by atoms with Crippen LogP contribution in [0, 0.1) is 13.8 Å². The standard InChI is InChI=1S/C16H14ClN5OS/c1-9-7-11(3-5-18-9)21-15(23)14-16(24-10(2)20-14)22-12-4-6-19-13(17)8-12/h3-8H,1-2H3,(H,19,22)(H,18,21,23). The molecule has 0 bridgehead atoms. The number of pyridine rings is 2. The van der Waals surface area contributed by atoms with Gasteiger partial charge in [-0.2, -0.15) is 0 Å². The van der Waals surface area contributed by atoms with Crippen LogP contribution in [0.2, 0.25) is 5.15 Å². The lowest BCUT2D eigenvalue weighted by molar-refractivity contribution is 0.102. The van der Waals surface area contributed by atoms with Gasteiger partial charge >= 0.3 is 0 Å². The Kier molecular flexibility index (Phi) is 4.73. The molecule has 0 unspecified atom stereocenters. The molecule has 0 aliphatic rings. The van der Waals surface area contributed by atoms with Gasteiger partial charge in [0.15, 0.2) is 5.69 Å². The largest absolute Gasteiger partial charge is 0.345 e. The van der Waals surface area contributed by atoms with Crippen molar-refractivity contribution in [3.63, 3.8) is 0 Å². The van der Waals surface area contributed by atoms with Crippen molar-refractivity contribution in [1.82, 2.24) is 15.0 Å². The average Bonchev–Trinajstić information content (AvgIpc) is 2.88. The molecule has 0 aliphatic heterocycles. The van der Waals surface area contributed by atoms with Crippen molar-refractivity contribution < 1.29 is 4.79 Å². The minimum Gasteiger partial charge on any atom is -0.345 e. The van der Waals surface area contributed by atoms with Crippen LogP contribution < -0.4 is 10.6 Å². The maximum atomic E-state index is 12.6. The second kappa shape index (κ2) is 6.94. The summed E-state index contributed by atoms with van der Waals surface area (Å²) in [4.78, 5) is 24.9. The number of nitrogens with zero attached hydrogens (tertiary/aromatic N) is 3. The molecule has 122 valence electrons. The summed E-state index contributed by atoms with van der Waals surface area (Å²) in [5.74, 6) is -0.285.